The number of Topliss-reactive ketones (excluding diaryl/α,β-unsaturated/α-hetero) is 1. The summed E-state index contributed by atoms with van der Waals surface area (Å²) in [6.45, 7) is 6.54. The van der Waals surface area contributed by atoms with E-state index in [1.54, 1.807) is 20.8 Å². The maximum Gasteiger partial charge on any atom is 0.237 e. The van der Waals surface area contributed by atoms with Gasteiger partial charge < -0.3 is 4.90 Å². The highest BCUT2D eigenvalue weighted by molar-refractivity contribution is 7.90. The van der Waals surface area contributed by atoms with Crippen molar-refractivity contribution in [2.75, 3.05) is 13.1 Å². The number of likely N-dealkylation sites (tertiary alicyclic amines) is 1. The van der Waals surface area contributed by atoms with Gasteiger partial charge in [-0.25, -0.2) is 8.42 Å². The average Bonchev–Trinajstić information content (AvgIpc) is 2.54. The molecule has 0 aromatic rings. The fourth-order valence-corrected chi connectivity index (χ4v) is 5.25. The molecule has 0 bridgehead atoms. The van der Waals surface area contributed by atoms with E-state index in [4.69, 9.17) is 0 Å². The summed E-state index contributed by atoms with van der Waals surface area (Å²) in [4.78, 5) is 25.5. The molecule has 1 saturated heterocycles. The molecule has 1 aliphatic carbocycles. The van der Waals surface area contributed by atoms with Gasteiger partial charge in [-0.1, -0.05) is 13.8 Å². The summed E-state index contributed by atoms with van der Waals surface area (Å²) in [6.07, 6.45) is 5.06. The van der Waals surface area contributed by atoms with Gasteiger partial charge in [0.25, 0.3) is 0 Å². The molecule has 2 fully saturated rings. The van der Waals surface area contributed by atoms with Gasteiger partial charge in [-0.05, 0) is 58.5 Å². The lowest BCUT2D eigenvalue weighted by molar-refractivity contribution is -0.123. The van der Waals surface area contributed by atoms with E-state index in [-0.39, 0.29) is 11.8 Å². The van der Waals surface area contributed by atoms with Crippen LogP contribution in [0.3, 0.4) is 0 Å². The number of nitrogens with zero attached hydrogens (tertiary/aromatic N) is 1. The number of hydrogen-bond donors (Lipinski definition) is 1. The van der Waals surface area contributed by atoms with Gasteiger partial charge in [0.2, 0.25) is 15.9 Å². The van der Waals surface area contributed by atoms with E-state index in [1.165, 1.54) is 0 Å². The van der Waals surface area contributed by atoms with Crippen molar-refractivity contribution in [2.45, 2.75) is 70.6 Å². The Morgan fingerprint density at radius 1 is 1.00 bits per heavy atom. The minimum atomic E-state index is -3.57. The summed E-state index contributed by atoms with van der Waals surface area (Å²) in [5, 5.41) is -0.481. The van der Waals surface area contributed by atoms with Gasteiger partial charge in [-0.3, -0.25) is 14.3 Å². The van der Waals surface area contributed by atoms with Crippen LogP contribution in [-0.2, 0) is 19.6 Å². The second-order valence-corrected chi connectivity index (χ2v) is 9.48. The lowest BCUT2D eigenvalue weighted by Gasteiger charge is -2.40. The first-order valence-corrected chi connectivity index (χ1v) is 10.5. The molecule has 24 heavy (non-hydrogen) atoms. The fourth-order valence-electron chi connectivity index (χ4n) is 3.74. The van der Waals surface area contributed by atoms with Crippen molar-refractivity contribution in [3.05, 3.63) is 0 Å². The number of rotatable bonds is 5. The smallest absolute Gasteiger partial charge is 0.237 e. The molecule has 0 aromatic carbocycles. The monoisotopic (exact) mass is 358 g/mol. The molecule has 2 rings (SSSR count). The molecule has 1 aliphatic heterocycles. The van der Waals surface area contributed by atoms with Crippen LogP contribution in [0.4, 0.5) is 0 Å². The summed E-state index contributed by atoms with van der Waals surface area (Å²) in [5.41, 5.74) is 0. The third-order valence-corrected chi connectivity index (χ3v) is 7.31. The Morgan fingerprint density at radius 2 is 1.54 bits per heavy atom. The Kier molecular flexibility index (Phi) is 6.42. The van der Waals surface area contributed by atoms with Gasteiger partial charge in [0.1, 0.15) is 5.78 Å². The molecule has 0 radical (unpaired) electrons. The highest BCUT2D eigenvalue weighted by Gasteiger charge is 2.35. The van der Waals surface area contributed by atoms with Crippen molar-refractivity contribution in [1.82, 2.24) is 9.62 Å². The summed E-state index contributed by atoms with van der Waals surface area (Å²) >= 11 is 0. The van der Waals surface area contributed by atoms with E-state index in [0.29, 0.717) is 24.7 Å². The van der Waals surface area contributed by atoms with E-state index >= 15 is 0 Å². The number of ketones is 1. The van der Waals surface area contributed by atoms with Crippen LogP contribution in [0.1, 0.15) is 59.3 Å². The van der Waals surface area contributed by atoms with Gasteiger partial charge in [0.05, 0.1) is 5.25 Å². The first-order chi connectivity index (χ1) is 11.2. The third kappa shape index (κ3) is 4.79. The number of amides is 1. The number of hydrogen-bond acceptors (Lipinski definition) is 5. The molecule has 0 unspecified atom stereocenters. The van der Waals surface area contributed by atoms with Crippen LogP contribution in [0.2, 0.25) is 0 Å². The van der Waals surface area contributed by atoms with E-state index in [9.17, 15) is 18.0 Å². The standard InChI is InChI=1S/C17H30N2O4S/c1-12(2)17(21)18-24(22,23)16-8-10-19(11-9-16)15-6-4-14(5-7-15)13(3)20/h12,14-16H,4-11H2,1-3H3,(H,18,21). The molecule has 7 heteroatoms. The highest BCUT2D eigenvalue weighted by atomic mass is 32.2. The minimum Gasteiger partial charge on any atom is -0.300 e. The molecule has 1 heterocycles. The van der Waals surface area contributed by atoms with E-state index in [2.05, 4.69) is 9.62 Å². The number of piperidine rings is 1. The molecule has 0 atom stereocenters. The zero-order chi connectivity index (χ0) is 17.9. The predicted molar refractivity (Wildman–Crippen MR) is 92.9 cm³/mol. The Morgan fingerprint density at radius 3 is 2.00 bits per heavy atom. The quantitative estimate of drug-likeness (QED) is 0.809. The molecule has 138 valence electrons. The Bertz CT molecular complexity index is 557. The second kappa shape index (κ2) is 7.95. The molecule has 0 spiro atoms. The first-order valence-electron chi connectivity index (χ1n) is 9.00. The zero-order valence-corrected chi connectivity index (χ0v) is 15.8. The number of nitrogens with one attached hydrogen (secondary N) is 1. The van der Waals surface area contributed by atoms with Crippen LogP contribution in [0.15, 0.2) is 0 Å². The van der Waals surface area contributed by atoms with Gasteiger partial charge in [-0.2, -0.15) is 0 Å². The van der Waals surface area contributed by atoms with Crippen molar-refractivity contribution in [2.24, 2.45) is 11.8 Å². The van der Waals surface area contributed by atoms with Crippen LogP contribution in [-0.4, -0.2) is 49.4 Å². The molecular weight excluding hydrogens is 328 g/mol. The van der Waals surface area contributed by atoms with E-state index in [0.717, 1.165) is 38.8 Å². The number of sulfonamides is 1. The topological polar surface area (TPSA) is 83.6 Å². The summed E-state index contributed by atoms with van der Waals surface area (Å²) < 4.78 is 26.8. The van der Waals surface area contributed by atoms with Crippen molar-refractivity contribution < 1.29 is 18.0 Å². The van der Waals surface area contributed by atoms with Crippen molar-refractivity contribution in [3.63, 3.8) is 0 Å². The van der Waals surface area contributed by atoms with Crippen molar-refractivity contribution >= 4 is 21.7 Å². The summed E-state index contributed by atoms with van der Waals surface area (Å²) in [7, 11) is -3.57. The molecule has 1 amide bonds. The average molecular weight is 359 g/mol. The van der Waals surface area contributed by atoms with Crippen LogP contribution in [0.25, 0.3) is 0 Å². The maximum atomic E-state index is 12.3. The molecule has 1 saturated carbocycles. The van der Waals surface area contributed by atoms with Crippen molar-refractivity contribution in [1.29, 1.82) is 0 Å². The number of carbonyl (C=O) groups excluding carboxylic acids is 2. The van der Waals surface area contributed by atoms with Crippen LogP contribution in [0.5, 0.6) is 0 Å². The largest absolute Gasteiger partial charge is 0.300 e. The van der Waals surface area contributed by atoms with Crippen molar-refractivity contribution in [3.8, 4) is 0 Å². The molecule has 2 aliphatic rings. The Hall–Kier alpha value is -0.950. The summed E-state index contributed by atoms with van der Waals surface area (Å²) in [6, 6.07) is 0.467. The highest BCUT2D eigenvalue weighted by Crippen LogP contribution is 2.30. The maximum absolute atomic E-state index is 12.3. The van der Waals surface area contributed by atoms with Crippen LogP contribution < -0.4 is 4.72 Å². The normalized spacial score (nSPS) is 27.2. The lowest BCUT2D eigenvalue weighted by Crippen LogP contribution is -2.49. The first kappa shape index (κ1) is 19.4. The second-order valence-electron chi connectivity index (χ2n) is 7.52. The lowest BCUT2D eigenvalue weighted by atomic mass is 9.83. The Labute approximate surface area is 145 Å². The molecule has 0 aromatic heterocycles. The SMILES string of the molecule is CC(=O)C1CCC(N2CCC(S(=O)(=O)NC(=O)C(C)C)CC2)CC1. The van der Waals surface area contributed by atoms with Crippen LogP contribution >= 0.6 is 0 Å². The van der Waals surface area contributed by atoms with E-state index < -0.39 is 21.2 Å². The van der Waals surface area contributed by atoms with Crippen LogP contribution in [0, 0.1) is 11.8 Å². The van der Waals surface area contributed by atoms with Gasteiger partial charge in [0.15, 0.2) is 0 Å². The van der Waals surface area contributed by atoms with E-state index in [1.807, 2.05) is 0 Å². The third-order valence-electron chi connectivity index (χ3n) is 5.47. The molecule has 1 N–H and O–H groups in total. The minimum absolute atomic E-state index is 0.213. The number of carbonyl (C=O) groups is 2. The zero-order valence-electron chi connectivity index (χ0n) is 15.0. The molecule has 6 nitrogen and oxygen atoms in total. The fraction of sp³-hybridized carbons (Fsp3) is 0.882. The Balaban J connectivity index is 1.83. The molecular formula is C17H30N2O4S. The summed E-state index contributed by atoms with van der Waals surface area (Å²) in [5.74, 6) is -0.263. The van der Waals surface area contributed by atoms with Gasteiger partial charge >= 0.3 is 0 Å². The van der Waals surface area contributed by atoms with Gasteiger partial charge in [0, 0.05) is 17.9 Å². The predicted octanol–water partition coefficient (Wildman–Crippen LogP) is 1.70. The van der Waals surface area contributed by atoms with Gasteiger partial charge in [-0.15, -0.1) is 0 Å².